The van der Waals surface area contributed by atoms with Crippen LogP contribution in [0.4, 0.5) is 35.5 Å². The largest absolute Gasteiger partial charge is 0.460 e. The van der Waals surface area contributed by atoms with E-state index in [-0.39, 0.29) is 6.54 Å². The predicted molar refractivity (Wildman–Crippen MR) is 59.4 cm³/mol. The molecule has 0 aromatic carbocycles. The first-order chi connectivity index (χ1) is 9.45. The number of nitrogens with one attached hydrogen (secondary N) is 1. The smallest absolute Gasteiger partial charge is 0.443 e. The van der Waals surface area contributed by atoms with Crippen molar-refractivity contribution in [3.8, 4) is 0 Å². The molecule has 0 aromatic rings. The van der Waals surface area contributed by atoms with E-state index in [0.717, 1.165) is 19.3 Å². The Morgan fingerprint density at radius 3 is 2.05 bits per heavy atom. The van der Waals surface area contributed by atoms with Gasteiger partial charge in [0.05, 0.1) is 0 Å². The predicted octanol–water partition coefficient (Wildman–Crippen LogP) is 4.13. The molecule has 0 rings (SSSR count). The third-order valence-corrected chi connectivity index (χ3v) is 2.50. The zero-order valence-corrected chi connectivity index (χ0v) is 11.2. The van der Waals surface area contributed by atoms with Crippen LogP contribution < -0.4 is 5.32 Å². The highest BCUT2D eigenvalue weighted by Crippen LogP contribution is 2.46. The van der Waals surface area contributed by atoms with Gasteiger partial charge in [-0.1, -0.05) is 26.2 Å². The number of unbranched alkanes of at least 4 members (excludes halogenated alkanes) is 3. The van der Waals surface area contributed by atoms with Crippen molar-refractivity contribution in [2.45, 2.75) is 50.6 Å². The summed E-state index contributed by atoms with van der Waals surface area (Å²) in [5.74, 6) is -11.8. The van der Waals surface area contributed by atoms with Crippen LogP contribution in [0.15, 0.2) is 0 Å². The lowest BCUT2D eigenvalue weighted by molar-refractivity contribution is -0.359. The molecule has 10 heteroatoms. The lowest BCUT2D eigenvalue weighted by atomic mass is 10.2. The van der Waals surface area contributed by atoms with Crippen LogP contribution in [0.1, 0.15) is 32.6 Å². The Morgan fingerprint density at radius 2 is 1.57 bits per heavy atom. The maximum absolute atomic E-state index is 12.8. The number of amides is 1. The van der Waals surface area contributed by atoms with E-state index in [0.29, 0.717) is 6.42 Å². The SMILES string of the molecule is CCCCCCNC(=O)OCC(F)(F)C(F)(F)C(F)(F)F. The zero-order valence-electron chi connectivity index (χ0n) is 11.2. The molecule has 1 N–H and O–H groups in total. The van der Waals surface area contributed by atoms with Gasteiger partial charge in [0.25, 0.3) is 0 Å². The van der Waals surface area contributed by atoms with Gasteiger partial charge in [-0.05, 0) is 6.42 Å². The van der Waals surface area contributed by atoms with Gasteiger partial charge in [-0.3, -0.25) is 0 Å². The highest BCUT2D eigenvalue weighted by molar-refractivity contribution is 5.67. The van der Waals surface area contributed by atoms with Crippen LogP contribution in [0.3, 0.4) is 0 Å². The quantitative estimate of drug-likeness (QED) is 0.538. The molecule has 126 valence electrons. The third-order valence-electron chi connectivity index (χ3n) is 2.50. The summed E-state index contributed by atoms with van der Waals surface area (Å²) in [6.07, 6.45) is -4.84. The molecular weight excluding hydrogens is 311 g/mol. The number of rotatable bonds is 8. The highest BCUT2D eigenvalue weighted by Gasteiger charge is 2.73. The first kappa shape index (κ1) is 19.8. The van der Waals surface area contributed by atoms with Crippen LogP contribution in [-0.4, -0.2) is 37.3 Å². The summed E-state index contributed by atoms with van der Waals surface area (Å²) in [6.45, 7) is -0.370. The number of hydrogen-bond donors (Lipinski definition) is 1. The van der Waals surface area contributed by atoms with E-state index in [2.05, 4.69) is 4.74 Å². The van der Waals surface area contributed by atoms with Crippen LogP contribution in [0, 0.1) is 0 Å². The van der Waals surface area contributed by atoms with Gasteiger partial charge in [0.2, 0.25) is 0 Å². The second-order valence-corrected chi connectivity index (χ2v) is 4.34. The summed E-state index contributed by atoms with van der Waals surface area (Å²) in [5, 5.41) is 1.98. The number of ether oxygens (including phenoxy) is 1. The van der Waals surface area contributed by atoms with Crippen molar-refractivity contribution >= 4 is 6.09 Å². The normalized spacial score (nSPS) is 13.1. The molecule has 0 saturated carbocycles. The molecule has 0 aromatic heterocycles. The van der Waals surface area contributed by atoms with E-state index in [1.807, 2.05) is 12.2 Å². The summed E-state index contributed by atoms with van der Waals surface area (Å²) in [7, 11) is 0. The van der Waals surface area contributed by atoms with Crippen molar-refractivity contribution < 1.29 is 40.3 Å². The van der Waals surface area contributed by atoms with E-state index < -0.39 is 30.7 Å². The first-order valence-electron chi connectivity index (χ1n) is 6.18. The molecule has 0 aliphatic carbocycles. The van der Waals surface area contributed by atoms with Crippen LogP contribution >= 0.6 is 0 Å². The van der Waals surface area contributed by atoms with Crippen molar-refractivity contribution in [1.29, 1.82) is 0 Å². The van der Waals surface area contributed by atoms with Gasteiger partial charge >= 0.3 is 24.1 Å². The topological polar surface area (TPSA) is 38.3 Å². The molecule has 21 heavy (non-hydrogen) atoms. The van der Waals surface area contributed by atoms with Gasteiger partial charge in [-0.15, -0.1) is 0 Å². The number of halogens is 7. The summed E-state index contributed by atoms with van der Waals surface area (Å²) in [5.41, 5.74) is 0. The highest BCUT2D eigenvalue weighted by atomic mass is 19.4. The van der Waals surface area contributed by atoms with E-state index in [1.165, 1.54) is 0 Å². The van der Waals surface area contributed by atoms with Crippen LogP contribution in [0.5, 0.6) is 0 Å². The third kappa shape index (κ3) is 5.96. The number of alkyl halides is 7. The Labute approximate surface area is 116 Å². The van der Waals surface area contributed by atoms with Crippen molar-refractivity contribution in [3.05, 3.63) is 0 Å². The summed E-state index contributed by atoms with van der Waals surface area (Å²) >= 11 is 0. The van der Waals surface area contributed by atoms with Crippen molar-refractivity contribution in [2.75, 3.05) is 13.2 Å². The van der Waals surface area contributed by atoms with Crippen LogP contribution in [0.25, 0.3) is 0 Å². The van der Waals surface area contributed by atoms with Crippen LogP contribution in [-0.2, 0) is 4.74 Å². The van der Waals surface area contributed by atoms with E-state index in [9.17, 15) is 35.5 Å². The minimum atomic E-state index is -6.43. The Bertz CT molecular complexity index is 331. The molecule has 0 bridgehead atoms. The molecule has 3 nitrogen and oxygen atoms in total. The van der Waals surface area contributed by atoms with Gasteiger partial charge in [0.15, 0.2) is 6.61 Å². The van der Waals surface area contributed by atoms with Gasteiger partial charge in [-0.2, -0.15) is 30.7 Å². The molecule has 1 amide bonds. The second-order valence-electron chi connectivity index (χ2n) is 4.34. The Balaban J connectivity index is 4.22. The average Bonchev–Trinajstić information content (AvgIpc) is 2.34. The Kier molecular flexibility index (Phi) is 7.25. The molecule has 0 aliphatic heterocycles. The van der Waals surface area contributed by atoms with Crippen molar-refractivity contribution in [2.24, 2.45) is 0 Å². The molecule has 0 aliphatic rings. The van der Waals surface area contributed by atoms with E-state index in [4.69, 9.17) is 0 Å². The fourth-order valence-corrected chi connectivity index (χ4v) is 1.25. The summed E-state index contributed by atoms with van der Waals surface area (Å²) < 4.78 is 89.6. The van der Waals surface area contributed by atoms with E-state index in [1.54, 1.807) is 0 Å². The zero-order chi connectivity index (χ0) is 16.7. The first-order valence-corrected chi connectivity index (χ1v) is 6.18. The minimum absolute atomic E-state index is 0.0556. The van der Waals surface area contributed by atoms with Gasteiger partial charge in [0.1, 0.15) is 0 Å². The number of carbonyl (C=O) groups is 1. The monoisotopic (exact) mass is 327 g/mol. The number of alkyl carbamates (subject to hydrolysis) is 1. The second kappa shape index (κ2) is 7.69. The van der Waals surface area contributed by atoms with Gasteiger partial charge < -0.3 is 10.1 Å². The Hall–Kier alpha value is -1.22. The minimum Gasteiger partial charge on any atom is -0.443 e. The fourth-order valence-electron chi connectivity index (χ4n) is 1.25. The molecular formula is C11H16F7NO2. The molecule has 0 heterocycles. The van der Waals surface area contributed by atoms with E-state index >= 15 is 0 Å². The van der Waals surface area contributed by atoms with Crippen molar-refractivity contribution in [1.82, 2.24) is 5.32 Å². The molecule has 0 saturated heterocycles. The molecule has 0 radical (unpaired) electrons. The van der Waals surface area contributed by atoms with Gasteiger partial charge in [-0.25, -0.2) is 4.79 Å². The number of hydrogen-bond acceptors (Lipinski definition) is 2. The summed E-state index contributed by atoms with van der Waals surface area (Å²) in [6, 6.07) is 0. The average molecular weight is 327 g/mol. The lowest BCUT2D eigenvalue weighted by Crippen LogP contribution is -2.54. The molecule has 0 fully saturated rings. The molecule has 0 spiro atoms. The van der Waals surface area contributed by atoms with Crippen molar-refractivity contribution in [3.63, 3.8) is 0 Å². The molecule has 0 atom stereocenters. The van der Waals surface area contributed by atoms with Gasteiger partial charge in [0, 0.05) is 6.54 Å². The fraction of sp³-hybridized carbons (Fsp3) is 0.909. The summed E-state index contributed by atoms with van der Waals surface area (Å²) in [4.78, 5) is 10.9. The maximum atomic E-state index is 12.8. The maximum Gasteiger partial charge on any atom is 0.460 e. The van der Waals surface area contributed by atoms with Crippen LogP contribution in [0.2, 0.25) is 0 Å². The Morgan fingerprint density at radius 1 is 1.00 bits per heavy atom. The standard InChI is InChI=1S/C11H16F7NO2/c1-2-3-4-5-6-19-8(20)21-7-9(12,13)10(14,15)11(16,17)18/h2-7H2,1H3,(H,19,20). The molecule has 0 unspecified atom stereocenters. The lowest BCUT2D eigenvalue weighted by Gasteiger charge is -2.27. The number of carbonyl (C=O) groups excluding carboxylic acids is 1.